The van der Waals surface area contributed by atoms with Crippen molar-refractivity contribution in [3.05, 3.63) is 70.0 Å². The molecule has 0 saturated heterocycles. The molecule has 0 fully saturated rings. The van der Waals surface area contributed by atoms with Crippen LogP contribution in [-0.4, -0.2) is 0 Å². The minimum atomic E-state index is -0.409. The summed E-state index contributed by atoms with van der Waals surface area (Å²) in [6.45, 7) is 1.79. The Balaban J connectivity index is 2.25. The second-order valence-electron chi connectivity index (χ2n) is 3.83. The summed E-state index contributed by atoms with van der Waals surface area (Å²) in [6, 6.07) is 11.9. The third-order valence-electron chi connectivity index (χ3n) is 2.43. The maximum absolute atomic E-state index is 13.5. The SMILES string of the molecule is CC#Cc1ccc(C#Cc2ccc(Cl)cc2F)cc1. The van der Waals surface area contributed by atoms with Crippen LogP contribution in [0.5, 0.6) is 0 Å². The first-order valence-corrected chi connectivity index (χ1v) is 6.07. The predicted octanol–water partition coefficient (Wildman–Crippen LogP) is 4.25. The Hall–Kier alpha value is -2.22. The zero-order valence-corrected chi connectivity index (χ0v) is 11.1. The van der Waals surface area contributed by atoms with Crippen LogP contribution in [0.15, 0.2) is 42.5 Å². The number of benzene rings is 2. The molecule has 0 aromatic heterocycles. The third-order valence-corrected chi connectivity index (χ3v) is 2.66. The molecule has 0 bridgehead atoms. The molecule has 0 aliphatic heterocycles. The molecule has 0 saturated carbocycles. The lowest BCUT2D eigenvalue weighted by Crippen LogP contribution is -1.83. The number of hydrogen-bond donors (Lipinski definition) is 0. The first kappa shape index (κ1) is 13.2. The lowest BCUT2D eigenvalue weighted by atomic mass is 10.1. The zero-order chi connectivity index (χ0) is 13.7. The van der Waals surface area contributed by atoms with Gasteiger partial charge in [0.1, 0.15) is 5.82 Å². The van der Waals surface area contributed by atoms with Crippen molar-refractivity contribution in [1.82, 2.24) is 0 Å². The van der Waals surface area contributed by atoms with Gasteiger partial charge < -0.3 is 0 Å². The minimum absolute atomic E-state index is 0.335. The third kappa shape index (κ3) is 3.62. The molecular formula is C17H10ClF. The van der Waals surface area contributed by atoms with Crippen LogP contribution in [0.4, 0.5) is 4.39 Å². The fourth-order valence-corrected chi connectivity index (χ4v) is 1.67. The van der Waals surface area contributed by atoms with Crippen LogP contribution < -0.4 is 0 Å². The van der Waals surface area contributed by atoms with E-state index in [1.54, 1.807) is 19.1 Å². The number of halogens is 2. The van der Waals surface area contributed by atoms with Crippen LogP contribution >= 0.6 is 11.6 Å². The van der Waals surface area contributed by atoms with Gasteiger partial charge in [0.05, 0.1) is 5.56 Å². The Kier molecular flexibility index (Phi) is 4.24. The van der Waals surface area contributed by atoms with E-state index in [9.17, 15) is 4.39 Å². The molecule has 0 N–H and O–H groups in total. The molecule has 0 amide bonds. The predicted molar refractivity (Wildman–Crippen MR) is 76.4 cm³/mol. The van der Waals surface area contributed by atoms with Crippen molar-refractivity contribution in [1.29, 1.82) is 0 Å². The van der Waals surface area contributed by atoms with E-state index in [0.29, 0.717) is 10.6 Å². The van der Waals surface area contributed by atoms with Crippen molar-refractivity contribution in [2.75, 3.05) is 0 Å². The summed E-state index contributed by atoms with van der Waals surface area (Å²) >= 11 is 5.68. The van der Waals surface area contributed by atoms with Crippen molar-refractivity contribution in [2.24, 2.45) is 0 Å². The van der Waals surface area contributed by atoms with Gasteiger partial charge >= 0.3 is 0 Å². The summed E-state index contributed by atoms with van der Waals surface area (Å²) in [6.07, 6.45) is 0. The van der Waals surface area contributed by atoms with Gasteiger partial charge in [0.25, 0.3) is 0 Å². The standard InChI is InChI=1S/C17H10ClF/c1-2-3-13-4-6-14(7-5-13)8-9-15-10-11-16(18)12-17(15)19/h4-7,10-12H,1H3. The van der Waals surface area contributed by atoms with Crippen molar-refractivity contribution in [3.8, 4) is 23.7 Å². The summed E-state index contributed by atoms with van der Waals surface area (Å²) in [4.78, 5) is 0. The van der Waals surface area contributed by atoms with E-state index in [-0.39, 0.29) is 0 Å². The number of rotatable bonds is 0. The average molecular weight is 269 g/mol. The van der Waals surface area contributed by atoms with E-state index in [2.05, 4.69) is 23.7 Å². The lowest BCUT2D eigenvalue weighted by molar-refractivity contribution is 0.624. The van der Waals surface area contributed by atoms with E-state index in [1.807, 2.05) is 24.3 Å². The molecule has 0 radical (unpaired) electrons. The van der Waals surface area contributed by atoms with Crippen molar-refractivity contribution in [2.45, 2.75) is 6.92 Å². The average Bonchev–Trinajstić information content (AvgIpc) is 2.40. The molecule has 0 heterocycles. The van der Waals surface area contributed by atoms with E-state index in [4.69, 9.17) is 11.6 Å². The normalized spacial score (nSPS) is 9.00. The first-order valence-electron chi connectivity index (χ1n) is 5.69. The maximum atomic E-state index is 13.5. The van der Waals surface area contributed by atoms with Crippen LogP contribution in [0.25, 0.3) is 0 Å². The Morgan fingerprint density at radius 3 is 2.11 bits per heavy atom. The lowest BCUT2D eigenvalue weighted by Gasteiger charge is -1.95. The first-order chi connectivity index (χ1) is 9.19. The van der Waals surface area contributed by atoms with E-state index >= 15 is 0 Å². The Morgan fingerprint density at radius 2 is 1.53 bits per heavy atom. The van der Waals surface area contributed by atoms with E-state index in [0.717, 1.165) is 11.1 Å². The molecule has 0 atom stereocenters. The molecule has 2 aromatic rings. The highest BCUT2D eigenvalue weighted by Gasteiger charge is 1.99. The van der Waals surface area contributed by atoms with Gasteiger partial charge in [-0.15, -0.1) is 5.92 Å². The molecular weight excluding hydrogens is 259 g/mol. The minimum Gasteiger partial charge on any atom is -0.206 e. The zero-order valence-electron chi connectivity index (χ0n) is 10.3. The van der Waals surface area contributed by atoms with Crippen LogP contribution in [-0.2, 0) is 0 Å². The van der Waals surface area contributed by atoms with Gasteiger partial charge in [0.15, 0.2) is 0 Å². The van der Waals surface area contributed by atoms with Gasteiger partial charge in [-0.05, 0) is 49.4 Å². The quantitative estimate of drug-likeness (QED) is 0.627. The summed E-state index contributed by atoms with van der Waals surface area (Å²) in [5, 5.41) is 0.366. The molecule has 19 heavy (non-hydrogen) atoms. The smallest absolute Gasteiger partial charge is 0.140 e. The highest BCUT2D eigenvalue weighted by atomic mass is 35.5. The topological polar surface area (TPSA) is 0 Å². The monoisotopic (exact) mass is 268 g/mol. The van der Waals surface area contributed by atoms with Gasteiger partial charge in [-0.3, -0.25) is 0 Å². The van der Waals surface area contributed by atoms with Gasteiger partial charge in [-0.1, -0.05) is 29.4 Å². The Labute approximate surface area is 117 Å². The Bertz CT molecular complexity index is 707. The fraction of sp³-hybridized carbons (Fsp3) is 0.0588. The second-order valence-corrected chi connectivity index (χ2v) is 4.26. The molecule has 2 heteroatoms. The summed E-state index contributed by atoms with van der Waals surface area (Å²) < 4.78 is 13.5. The summed E-state index contributed by atoms with van der Waals surface area (Å²) in [7, 11) is 0. The van der Waals surface area contributed by atoms with Crippen LogP contribution in [0.3, 0.4) is 0 Å². The molecule has 0 nitrogen and oxygen atoms in total. The molecule has 0 spiro atoms. The molecule has 2 aromatic carbocycles. The molecule has 92 valence electrons. The largest absolute Gasteiger partial charge is 0.206 e. The second kappa shape index (κ2) is 6.10. The van der Waals surface area contributed by atoms with Gasteiger partial charge in [0.2, 0.25) is 0 Å². The van der Waals surface area contributed by atoms with Crippen LogP contribution in [0, 0.1) is 29.5 Å². The van der Waals surface area contributed by atoms with Crippen LogP contribution in [0.2, 0.25) is 5.02 Å². The maximum Gasteiger partial charge on any atom is 0.140 e. The number of hydrogen-bond acceptors (Lipinski definition) is 0. The fourth-order valence-electron chi connectivity index (χ4n) is 1.51. The van der Waals surface area contributed by atoms with Crippen LogP contribution in [0.1, 0.15) is 23.6 Å². The van der Waals surface area contributed by atoms with Gasteiger partial charge in [0, 0.05) is 16.1 Å². The molecule has 0 unspecified atom stereocenters. The van der Waals surface area contributed by atoms with Crippen molar-refractivity contribution < 1.29 is 4.39 Å². The van der Waals surface area contributed by atoms with E-state index < -0.39 is 5.82 Å². The van der Waals surface area contributed by atoms with E-state index in [1.165, 1.54) is 6.07 Å². The highest BCUT2D eigenvalue weighted by Crippen LogP contribution is 2.13. The summed E-state index contributed by atoms with van der Waals surface area (Å²) in [5.74, 6) is 11.1. The van der Waals surface area contributed by atoms with Gasteiger partial charge in [-0.2, -0.15) is 0 Å². The molecule has 0 aliphatic carbocycles. The van der Waals surface area contributed by atoms with Gasteiger partial charge in [-0.25, -0.2) is 4.39 Å². The molecule has 0 aliphatic rings. The van der Waals surface area contributed by atoms with Crippen molar-refractivity contribution >= 4 is 11.6 Å². The molecule has 2 rings (SSSR count). The Morgan fingerprint density at radius 1 is 0.895 bits per heavy atom. The highest BCUT2D eigenvalue weighted by molar-refractivity contribution is 6.30. The van der Waals surface area contributed by atoms with Crippen molar-refractivity contribution in [3.63, 3.8) is 0 Å². The summed E-state index contributed by atoms with van der Waals surface area (Å²) in [5.41, 5.74) is 2.09.